The highest BCUT2D eigenvalue weighted by molar-refractivity contribution is 5.89. The van der Waals surface area contributed by atoms with Crippen molar-refractivity contribution in [1.82, 2.24) is 10.3 Å². The Bertz CT molecular complexity index is 619. The van der Waals surface area contributed by atoms with Crippen LogP contribution >= 0.6 is 0 Å². The lowest BCUT2D eigenvalue weighted by Gasteiger charge is -2.22. The molecular formula is C19H23N3O. The van der Waals surface area contributed by atoms with Crippen molar-refractivity contribution in [2.45, 2.75) is 44.6 Å². The van der Waals surface area contributed by atoms with Gasteiger partial charge >= 0.3 is 6.03 Å². The van der Waals surface area contributed by atoms with Crippen LogP contribution in [0.25, 0.3) is 0 Å². The van der Waals surface area contributed by atoms with Crippen molar-refractivity contribution < 1.29 is 4.79 Å². The number of nitrogens with one attached hydrogen (secondary N) is 2. The van der Waals surface area contributed by atoms with E-state index in [1.165, 1.54) is 30.4 Å². The third-order valence-corrected chi connectivity index (χ3v) is 4.31. The molecule has 1 aromatic heterocycles. The summed E-state index contributed by atoms with van der Waals surface area (Å²) in [6.07, 6.45) is 10.4. The molecule has 1 saturated carbocycles. The Labute approximate surface area is 137 Å². The third-order valence-electron chi connectivity index (χ3n) is 4.31. The minimum Gasteiger partial charge on any atom is -0.335 e. The van der Waals surface area contributed by atoms with Crippen molar-refractivity contribution in [3.05, 3.63) is 59.9 Å². The summed E-state index contributed by atoms with van der Waals surface area (Å²) in [6, 6.07) is 12.3. The summed E-state index contributed by atoms with van der Waals surface area (Å²) in [5, 5.41) is 5.99. The Hall–Kier alpha value is -2.36. The number of nitrogens with zero attached hydrogens (tertiary/aromatic N) is 1. The molecule has 4 nitrogen and oxygen atoms in total. The molecule has 3 rings (SSSR count). The van der Waals surface area contributed by atoms with E-state index in [1.54, 1.807) is 12.4 Å². The van der Waals surface area contributed by atoms with Gasteiger partial charge in [0.2, 0.25) is 0 Å². The lowest BCUT2D eigenvalue weighted by Crippen LogP contribution is -2.38. The SMILES string of the molecule is O=C(Nc1ccc(Cc2ccncc2)cc1)NC1CCCCC1. The van der Waals surface area contributed by atoms with Crippen molar-refractivity contribution in [1.29, 1.82) is 0 Å². The van der Waals surface area contributed by atoms with E-state index < -0.39 is 0 Å². The quantitative estimate of drug-likeness (QED) is 0.892. The van der Waals surface area contributed by atoms with E-state index in [0.29, 0.717) is 6.04 Å². The normalized spacial score (nSPS) is 15.1. The minimum absolute atomic E-state index is 0.0983. The highest BCUT2D eigenvalue weighted by atomic mass is 16.2. The number of carbonyl (C=O) groups excluding carboxylic acids is 1. The Morgan fingerprint density at radius 1 is 0.957 bits per heavy atom. The molecule has 0 bridgehead atoms. The molecule has 23 heavy (non-hydrogen) atoms. The van der Waals surface area contributed by atoms with Crippen molar-refractivity contribution in [3.63, 3.8) is 0 Å². The number of urea groups is 1. The van der Waals surface area contributed by atoms with Crippen LogP contribution in [-0.4, -0.2) is 17.1 Å². The summed E-state index contributed by atoms with van der Waals surface area (Å²) in [6.45, 7) is 0. The van der Waals surface area contributed by atoms with Crippen LogP contribution in [0.15, 0.2) is 48.8 Å². The molecule has 0 radical (unpaired) electrons. The smallest absolute Gasteiger partial charge is 0.319 e. The number of benzene rings is 1. The molecule has 4 heteroatoms. The summed E-state index contributed by atoms with van der Waals surface area (Å²) in [5.41, 5.74) is 3.28. The molecule has 1 aromatic carbocycles. The molecule has 1 heterocycles. The second-order valence-electron chi connectivity index (χ2n) is 6.16. The Morgan fingerprint density at radius 2 is 1.61 bits per heavy atom. The van der Waals surface area contributed by atoms with Crippen LogP contribution in [0, 0.1) is 0 Å². The van der Waals surface area contributed by atoms with Crippen molar-refractivity contribution >= 4 is 11.7 Å². The summed E-state index contributed by atoms with van der Waals surface area (Å²) in [5.74, 6) is 0. The molecule has 1 aliphatic carbocycles. The van der Waals surface area contributed by atoms with E-state index in [2.05, 4.69) is 27.8 Å². The molecule has 0 spiro atoms. The van der Waals surface area contributed by atoms with Gasteiger partial charge in [0, 0.05) is 24.1 Å². The second kappa shape index (κ2) is 7.77. The zero-order chi connectivity index (χ0) is 15.9. The van der Waals surface area contributed by atoms with Crippen molar-refractivity contribution in [2.24, 2.45) is 0 Å². The van der Waals surface area contributed by atoms with Gasteiger partial charge in [-0.25, -0.2) is 4.79 Å². The van der Waals surface area contributed by atoms with Crippen LogP contribution < -0.4 is 10.6 Å². The molecule has 2 aromatic rings. The van der Waals surface area contributed by atoms with Gasteiger partial charge < -0.3 is 10.6 Å². The lowest BCUT2D eigenvalue weighted by atomic mass is 9.96. The number of aromatic nitrogens is 1. The van der Waals surface area contributed by atoms with Crippen LogP contribution in [0.2, 0.25) is 0 Å². The van der Waals surface area contributed by atoms with Crippen LogP contribution in [0.3, 0.4) is 0 Å². The fourth-order valence-electron chi connectivity index (χ4n) is 3.04. The number of amides is 2. The Kier molecular flexibility index (Phi) is 5.25. The van der Waals surface area contributed by atoms with E-state index in [1.807, 2.05) is 24.3 Å². The molecule has 0 saturated heterocycles. The first-order chi connectivity index (χ1) is 11.3. The van der Waals surface area contributed by atoms with E-state index in [9.17, 15) is 4.79 Å². The van der Waals surface area contributed by atoms with Gasteiger partial charge in [-0.05, 0) is 54.7 Å². The number of rotatable bonds is 4. The highest BCUT2D eigenvalue weighted by Crippen LogP contribution is 2.18. The maximum atomic E-state index is 12.0. The molecule has 0 aliphatic heterocycles. The standard InChI is InChI=1S/C19H23N3O/c23-19(21-17-4-2-1-3-5-17)22-18-8-6-15(7-9-18)14-16-10-12-20-13-11-16/h6-13,17H,1-5,14H2,(H2,21,22,23). The third kappa shape index (κ3) is 4.81. The monoisotopic (exact) mass is 309 g/mol. The molecule has 1 aliphatic rings. The van der Waals surface area contributed by atoms with Gasteiger partial charge in [-0.1, -0.05) is 31.4 Å². The molecule has 1 fully saturated rings. The van der Waals surface area contributed by atoms with Crippen LogP contribution in [0.4, 0.5) is 10.5 Å². The van der Waals surface area contributed by atoms with E-state index in [0.717, 1.165) is 24.9 Å². The van der Waals surface area contributed by atoms with Gasteiger partial charge in [-0.3, -0.25) is 4.98 Å². The van der Waals surface area contributed by atoms with Gasteiger partial charge in [0.1, 0.15) is 0 Å². The van der Waals surface area contributed by atoms with Gasteiger partial charge in [0.05, 0.1) is 0 Å². The number of pyridine rings is 1. The van der Waals surface area contributed by atoms with E-state index in [-0.39, 0.29) is 6.03 Å². The maximum absolute atomic E-state index is 12.0. The first-order valence-corrected chi connectivity index (χ1v) is 8.35. The summed E-state index contributed by atoms with van der Waals surface area (Å²) in [4.78, 5) is 16.1. The molecule has 0 unspecified atom stereocenters. The zero-order valence-corrected chi connectivity index (χ0v) is 13.3. The van der Waals surface area contributed by atoms with Gasteiger partial charge in [-0.2, -0.15) is 0 Å². The van der Waals surface area contributed by atoms with Crippen LogP contribution in [0.1, 0.15) is 43.2 Å². The predicted octanol–water partition coefficient (Wildman–Crippen LogP) is 4.13. The first-order valence-electron chi connectivity index (χ1n) is 8.35. The van der Waals surface area contributed by atoms with Gasteiger partial charge in [-0.15, -0.1) is 0 Å². The van der Waals surface area contributed by atoms with Crippen LogP contribution in [0.5, 0.6) is 0 Å². The lowest BCUT2D eigenvalue weighted by molar-refractivity contribution is 0.244. The maximum Gasteiger partial charge on any atom is 0.319 e. The van der Waals surface area contributed by atoms with Crippen LogP contribution in [-0.2, 0) is 6.42 Å². The van der Waals surface area contributed by atoms with Gasteiger partial charge in [0.15, 0.2) is 0 Å². The summed E-state index contributed by atoms with van der Waals surface area (Å²) < 4.78 is 0. The van der Waals surface area contributed by atoms with Crippen molar-refractivity contribution in [2.75, 3.05) is 5.32 Å². The molecule has 2 amide bonds. The average Bonchev–Trinajstić information content (AvgIpc) is 2.58. The molecule has 120 valence electrons. The molecule has 0 atom stereocenters. The minimum atomic E-state index is -0.0983. The van der Waals surface area contributed by atoms with E-state index >= 15 is 0 Å². The average molecular weight is 309 g/mol. The number of carbonyl (C=O) groups is 1. The first kappa shape index (κ1) is 15.5. The Morgan fingerprint density at radius 3 is 2.30 bits per heavy atom. The topological polar surface area (TPSA) is 54.0 Å². The largest absolute Gasteiger partial charge is 0.335 e. The van der Waals surface area contributed by atoms with Crippen molar-refractivity contribution in [3.8, 4) is 0 Å². The Balaban J connectivity index is 1.51. The van der Waals surface area contributed by atoms with Gasteiger partial charge in [0.25, 0.3) is 0 Å². The highest BCUT2D eigenvalue weighted by Gasteiger charge is 2.15. The predicted molar refractivity (Wildman–Crippen MR) is 92.5 cm³/mol. The molecule has 2 N–H and O–H groups in total. The fraction of sp³-hybridized carbons (Fsp3) is 0.368. The molecular weight excluding hydrogens is 286 g/mol. The van der Waals surface area contributed by atoms with E-state index in [4.69, 9.17) is 0 Å². The number of anilines is 1. The second-order valence-corrected chi connectivity index (χ2v) is 6.16. The number of hydrogen-bond donors (Lipinski definition) is 2. The fourth-order valence-corrected chi connectivity index (χ4v) is 3.04. The zero-order valence-electron chi connectivity index (χ0n) is 13.3. The summed E-state index contributed by atoms with van der Waals surface area (Å²) >= 11 is 0. The number of hydrogen-bond acceptors (Lipinski definition) is 2. The summed E-state index contributed by atoms with van der Waals surface area (Å²) in [7, 11) is 0.